The van der Waals surface area contributed by atoms with Crippen LogP contribution in [0.3, 0.4) is 0 Å². The van der Waals surface area contributed by atoms with Crippen molar-refractivity contribution in [1.82, 2.24) is 5.32 Å². The number of hydrogen-bond donors (Lipinski definition) is 4. The molecule has 1 heterocycles. The molecule has 1 unspecified atom stereocenters. The maximum Gasteiger partial charge on any atom is 0.408 e. The van der Waals surface area contributed by atoms with Crippen molar-refractivity contribution in [2.75, 3.05) is 17.2 Å². The van der Waals surface area contributed by atoms with E-state index in [-0.39, 0.29) is 0 Å². The summed E-state index contributed by atoms with van der Waals surface area (Å²) >= 11 is 0. The summed E-state index contributed by atoms with van der Waals surface area (Å²) in [6, 6.07) is 7.06. The number of aliphatic hydroxyl groups excluding tert-OH is 1. The van der Waals surface area contributed by atoms with E-state index in [1.807, 2.05) is 24.3 Å². The van der Waals surface area contributed by atoms with E-state index in [0.29, 0.717) is 6.54 Å². The van der Waals surface area contributed by atoms with Crippen LogP contribution in [0.1, 0.15) is 20.8 Å². The first-order chi connectivity index (χ1) is 9.35. The minimum Gasteiger partial charge on any atom is -0.444 e. The standard InChI is InChI=1S/C14H21N3O3/c1-14(2,3)20-13(19)17-11-8-15-9-6-4-5-7-10(9)16-12(11)18/h4-7,11-12,15-16,18H,8H2,1-3H3,(H,17,19)/t11-,12?/m0/s1. The van der Waals surface area contributed by atoms with Gasteiger partial charge < -0.3 is 25.8 Å². The monoisotopic (exact) mass is 279 g/mol. The van der Waals surface area contributed by atoms with E-state index in [4.69, 9.17) is 4.74 Å². The van der Waals surface area contributed by atoms with Crippen LogP contribution in [-0.4, -0.2) is 35.6 Å². The van der Waals surface area contributed by atoms with Crippen LogP contribution in [-0.2, 0) is 4.74 Å². The van der Waals surface area contributed by atoms with Crippen molar-refractivity contribution >= 4 is 17.5 Å². The summed E-state index contributed by atoms with van der Waals surface area (Å²) in [5.74, 6) is 0. The van der Waals surface area contributed by atoms with E-state index in [9.17, 15) is 9.90 Å². The summed E-state index contributed by atoms with van der Waals surface area (Å²) in [6.07, 6.45) is -1.44. The third-order valence-electron chi connectivity index (χ3n) is 2.83. The second-order valence-electron chi connectivity index (χ2n) is 5.77. The predicted molar refractivity (Wildman–Crippen MR) is 77.7 cm³/mol. The number of hydrogen-bond acceptors (Lipinski definition) is 5. The zero-order valence-electron chi connectivity index (χ0n) is 11.9. The number of rotatable bonds is 1. The Hall–Kier alpha value is -1.95. The fourth-order valence-corrected chi connectivity index (χ4v) is 1.94. The zero-order valence-corrected chi connectivity index (χ0v) is 11.9. The molecule has 1 amide bonds. The van der Waals surface area contributed by atoms with Gasteiger partial charge in [-0.3, -0.25) is 0 Å². The highest BCUT2D eigenvalue weighted by molar-refractivity contribution is 5.71. The normalized spacial score (nSPS) is 21.8. The topological polar surface area (TPSA) is 82.6 Å². The second kappa shape index (κ2) is 5.58. The van der Waals surface area contributed by atoms with Gasteiger partial charge >= 0.3 is 6.09 Å². The van der Waals surface area contributed by atoms with Crippen molar-refractivity contribution in [3.63, 3.8) is 0 Å². The van der Waals surface area contributed by atoms with Crippen LogP contribution in [0.25, 0.3) is 0 Å². The predicted octanol–water partition coefficient (Wildman–Crippen LogP) is 1.74. The number of benzene rings is 1. The fourth-order valence-electron chi connectivity index (χ4n) is 1.94. The molecule has 0 aliphatic carbocycles. The van der Waals surface area contributed by atoms with Gasteiger partial charge in [0.2, 0.25) is 0 Å². The molecule has 0 saturated carbocycles. The summed E-state index contributed by atoms with van der Waals surface area (Å²) < 4.78 is 5.19. The fraction of sp³-hybridized carbons (Fsp3) is 0.500. The lowest BCUT2D eigenvalue weighted by Crippen LogP contribution is -2.50. The van der Waals surface area contributed by atoms with Gasteiger partial charge in [-0.15, -0.1) is 0 Å². The lowest BCUT2D eigenvalue weighted by atomic mass is 10.2. The zero-order chi connectivity index (χ0) is 14.8. The SMILES string of the molecule is CC(C)(C)OC(=O)N[C@H]1CNc2ccccc2NC1O. The van der Waals surface area contributed by atoms with Crippen molar-refractivity contribution in [2.45, 2.75) is 38.6 Å². The Morgan fingerprint density at radius 3 is 2.65 bits per heavy atom. The van der Waals surface area contributed by atoms with Gasteiger partial charge in [-0.25, -0.2) is 4.79 Å². The number of anilines is 2. The van der Waals surface area contributed by atoms with Gasteiger partial charge in [0, 0.05) is 6.54 Å². The summed E-state index contributed by atoms with van der Waals surface area (Å²) in [5.41, 5.74) is 1.12. The average Bonchev–Trinajstić information content (AvgIpc) is 2.47. The number of alkyl carbamates (subject to hydrolysis) is 1. The van der Waals surface area contributed by atoms with Crippen molar-refractivity contribution in [3.8, 4) is 0 Å². The minimum atomic E-state index is -0.890. The van der Waals surface area contributed by atoms with Crippen LogP contribution < -0.4 is 16.0 Å². The third-order valence-corrected chi connectivity index (χ3v) is 2.83. The molecule has 0 aromatic heterocycles. The first kappa shape index (κ1) is 14.5. The van der Waals surface area contributed by atoms with Gasteiger partial charge in [0.05, 0.1) is 17.4 Å². The summed E-state index contributed by atoms with van der Waals surface area (Å²) in [5, 5.41) is 18.9. The minimum absolute atomic E-state index is 0.407. The maximum absolute atomic E-state index is 11.8. The van der Waals surface area contributed by atoms with Crippen molar-refractivity contribution in [1.29, 1.82) is 0 Å². The third kappa shape index (κ3) is 3.77. The molecule has 20 heavy (non-hydrogen) atoms. The van der Waals surface area contributed by atoms with Crippen molar-refractivity contribution in [3.05, 3.63) is 24.3 Å². The van der Waals surface area contributed by atoms with Gasteiger partial charge in [0.25, 0.3) is 0 Å². The van der Waals surface area contributed by atoms with Gasteiger partial charge in [-0.2, -0.15) is 0 Å². The molecule has 1 aromatic rings. The van der Waals surface area contributed by atoms with Crippen LogP contribution >= 0.6 is 0 Å². The van der Waals surface area contributed by atoms with Gasteiger partial charge in [0.1, 0.15) is 11.8 Å². The molecule has 4 N–H and O–H groups in total. The number of aliphatic hydroxyl groups is 1. The molecule has 6 heteroatoms. The van der Waals surface area contributed by atoms with Crippen molar-refractivity contribution < 1.29 is 14.6 Å². The molecule has 6 nitrogen and oxygen atoms in total. The van der Waals surface area contributed by atoms with E-state index in [0.717, 1.165) is 11.4 Å². The quantitative estimate of drug-likeness (QED) is 0.629. The maximum atomic E-state index is 11.8. The van der Waals surface area contributed by atoms with Crippen LogP contribution in [0.4, 0.5) is 16.2 Å². The number of carbonyl (C=O) groups is 1. The van der Waals surface area contributed by atoms with Gasteiger partial charge in [-0.1, -0.05) is 12.1 Å². The molecule has 2 atom stereocenters. The number of nitrogens with one attached hydrogen (secondary N) is 3. The van der Waals surface area contributed by atoms with E-state index < -0.39 is 24.0 Å². The Labute approximate surface area is 118 Å². The van der Waals surface area contributed by atoms with Crippen LogP contribution in [0, 0.1) is 0 Å². The smallest absolute Gasteiger partial charge is 0.408 e. The number of carbonyl (C=O) groups excluding carboxylic acids is 1. The highest BCUT2D eigenvalue weighted by atomic mass is 16.6. The molecule has 0 bridgehead atoms. The Bertz CT molecular complexity index is 485. The van der Waals surface area contributed by atoms with E-state index >= 15 is 0 Å². The molecule has 1 aliphatic rings. The van der Waals surface area contributed by atoms with E-state index in [1.165, 1.54) is 0 Å². The van der Waals surface area contributed by atoms with Crippen LogP contribution in [0.2, 0.25) is 0 Å². The Morgan fingerprint density at radius 2 is 2.00 bits per heavy atom. The lowest BCUT2D eigenvalue weighted by molar-refractivity contribution is 0.0453. The first-order valence-electron chi connectivity index (χ1n) is 6.62. The summed E-state index contributed by atoms with van der Waals surface area (Å²) in [4.78, 5) is 11.8. The summed E-state index contributed by atoms with van der Waals surface area (Å²) in [7, 11) is 0. The molecule has 1 aliphatic heterocycles. The van der Waals surface area contributed by atoms with E-state index in [2.05, 4.69) is 16.0 Å². The Balaban J connectivity index is 2.00. The Morgan fingerprint density at radius 1 is 1.35 bits per heavy atom. The van der Waals surface area contributed by atoms with Gasteiger partial charge in [0.15, 0.2) is 0 Å². The summed E-state index contributed by atoms with van der Waals surface area (Å²) in [6.45, 7) is 5.79. The average molecular weight is 279 g/mol. The Kier molecular flexibility index (Phi) is 4.04. The molecule has 0 spiro atoms. The van der Waals surface area contributed by atoms with Crippen molar-refractivity contribution in [2.24, 2.45) is 0 Å². The first-order valence-corrected chi connectivity index (χ1v) is 6.62. The molecule has 0 radical (unpaired) electrons. The molecule has 1 aromatic carbocycles. The highest BCUT2D eigenvalue weighted by Crippen LogP contribution is 2.24. The van der Waals surface area contributed by atoms with Crippen LogP contribution in [0.5, 0.6) is 0 Å². The molecule has 110 valence electrons. The lowest BCUT2D eigenvalue weighted by Gasteiger charge is -2.25. The second-order valence-corrected chi connectivity index (χ2v) is 5.77. The number of ether oxygens (including phenoxy) is 1. The molecular weight excluding hydrogens is 258 g/mol. The number of fused-ring (bicyclic) bond motifs is 1. The highest BCUT2D eigenvalue weighted by Gasteiger charge is 2.27. The van der Waals surface area contributed by atoms with Crippen LogP contribution in [0.15, 0.2) is 24.3 Å². The number of para-hydroxylation sites is 2. The molecular formula is C14H21N3O3. The largest absolute Gasteiger partial charge is 0.444 e. The van der Waals surface area contributed by atoms with Gasteiger partial charge in [-0.05, 0) is 32.9 Å². The van der Waals surface area contributed by atoms with E-state index in [1.54, 1.807) is 20.8 Å². The molecule has 0 saturated heterocycles. The molecule has 2 rings (SSSR count). The molecule has 0 fully saturated rings. The number of amides is 1.